The number of carbonyl (C=O) groups excluding carboxylic acids is 1. The van der Waals surface area contributed by atoms with E-state index in [1.54, 1.807) is 6.92 Å². The van der Waals surface area contributed by atoms with Crippen LogP contribution in [-0.2, 0) is 9.53 Å². The van der Waals surface area contributed by atoms with Crippen LogP contribution in [0, 0.1) is 0 Å². The van der Waals surface area contributed by atoms with Crippen molar-refractivity contribution in [2.24, 2.45) is 0 Å². The average Bonchev–Trinajstić information content (AvgIpc) is 2.21. The molecule has 0 aliphatic rings. The summed E-state index contributed by atoms with van der Waals surface area (Å²) in [4.78, 5) is 11.1. The molecule has 0 fully saturated rings. The van der Waals surface area contributed by atoms with Crippen LogP contribution in [0.1, 0.15) is 71.6 Å². The third-order valence-corrected chi connectivity index (χ3v) is 2.62. The molecule has 0 bridgehead atoms. The molecule has 0 saturated heterocycles. The summed E-state index contributed by atoms with van der Waals surface area (Å²) in [5, 5.41) is 0. The Kier molecular flexibility index (Phi) is 11.1. The van der Waals surface area contributed by atoms with Crippen molar-refractivity contribution in [2.45, 2.75) is 77.2 Å². The number of alkyl halides is 1. The summed E-state index contributed by atoms with van der Waals surface area (Å²) >= 11 is 5.54. The lowest BCUT2D eigenvalue weighted by molar-refractivity contribution is -0.144. The highest BCUT2D eigenvalue weighted by atomic mass is 35.5. The van der Waals surface area contributed by atoms with Crippen LogP contribution in [0.3, 0.4) is 0 Å². The number of ether oxygens (including phenoxy) is 1. The molecule has 0 radical (unpaired) electrons. The second-order valence-corrected chi connectivity index (χ2v) is 4.87. The van der Waals surface area contributed by atoms with Gasteiger partial charge < -0.3 is 4.74 Å². The molecular formula is C13H25ClO2. The topological polar surface area (TPSA) is 26.3 Å². The van der Waals surface area contributed by atoms with Crippen LogP contribution in [0.2, 0.25) is 0 Å². The summed E-state index contributed by atoms with van der Waals surface area (Å²) < 4.78 is 4.84. The summed E-state index contributed by atoms with van der Waals surface area (Å²) in [6, 6.07) is 0. The summed E-state index contributed by atoms with van der Waals surface area (Å²) in [6.45, 7) is 3.89. The van der Waals surface area contributed by atoms with E-state index in [2.05, 4.69) is 6.92 Å². The van der Waals surface area contributed by atoms with Gasteiger partial charge in [0.05, 0.1) is 0 Å². The van der Waals surface area contributed by atoms with E-state index in [1.165, 1.54) is 38.5 Å². The minimum atomic E-state index is -0.499. The fourth-order valence-electron chi connectivity index (χ4n) is 1.64. The molecule has 0 aliphatic heterocycles. The smallest absolute Gasteiger partial charge is 0.307 e. The number of hydrogen-bond acceptors (Lipinski definition) is 2. The Hall–Kier alpha value is -0.240. The van der Waals surface area contributed by atoms with Gasteiger partial charge in [-0.1, -0.05) is 63.5 Å². The van der Waals surface area contributed by atoms with Gasteiger partial charge in [0.1, 0.15) is 0 Å². The Morgan fingerprint density at radius 1 is 1.06 bits per heavy atom. The standard InChI is InChI=1S/C13H25ClO2/c1-3-4-5-6-7-8-9-10-11-13(15)16-12(2)14/h12H,3-11H2,1-2H3/t12-/m1/s1. The minimum absolute atomic E-state index is 0.173. The molecule has 0 aromatic rings. The maximum absolute atomic E-state index is 11.1. The van der Waals surface area contributed by atoms with Crippen LogP contribution in [0.25, 0.3) is 0 Å². The quantitative estimate of drug-likeness (QED) is 0.320. The Labute approximate surface area is 105 Å². The molecule has 0 aromatic carbocycles. The molecule has 0 saturated carbocycles. The lowest BCUT2D eigenvalue weighted by atomic mass is 10.1. The van der Waals surface area contributed by atoms with E-state index in [1.807, 2.05) is 0 Å². The highest BCUT2D eigenvalue weighted by Gasteiger charge is 2.05. The molecule has 0 amide bonds. The lowest BCUT2D eigenvalue weighted by Crippen LogP contribution is -2.08. The van der Waals surface area contributed by atoms with Gasteiger partial charge in [-0.15, -0.1) is 0 Å². The highest BCUT2D eigenvalue weighted by molar-refractivity contribution is 6.19. The zero-order valence-corrected chi connectivity index (χ0v) is 11.4. The van der Waals surface area contributed by atoms with Crippen LogP contribution in [-0.4, -0.2) is 11.5 Å². The monoisotopic (exact) mass is 248 g/mol. The van der Waals surface area contributed by atoms with E-state index in [0.717, 1.165) is 12.8 Å². The SMILES string of the molecule is CCCCCCCCCCC(=O)O[C@H](C)Cl. The molecular weight excluding hydrogens is 224 g/mol. The first-order chi connectivity index (χ1) is 7.66. The van der Waals surface area contributed by atoms with Crippen LogP contribution in [0.4, 0.5) is 0 Å². The molecule has 0 heterocycles. The number of hydrogen-bond donors (Lipinski definition) is 0. The zero-order chi connectivity index (χ0) is 12.2. The van der Waals surface area contributed by atoms with E-state index in [0.29, 0.717) is 6.42 Å². The third-order valence-electron chi connectivity index (χ3n) is 2.53. The molecule has 16 heavy (non-hydrogen) atoms. The maximum atomic E-state index is 11.1. The van der Waals surface area contributed by atoms with Gasteiger partial charge >= 0.3 is 5.97 Å². The minimum Gasteiger partial charge on any atom is -0.446 e. The van der Waals surface area contributed by atoms with Crippen molar-refractivity contribution in [1.29, 1.82) is 0 Å². The Morgan fingerprint density at radius 3 is 2.06 bits per heavy atom. The van der Waals surface area contributed by atoms with Crippen molar-refractivity contribution in [3.05, 3.63) is 0 Å². The number of unbranched alkanes of at least 4 members (excludes halogenated alkanes) is 7. The summed E-state index contributed by atoms with van der Waals surface area (Å²) in [7, 11) is 0. The van der Waals surface area contributed by atoms with Gasteiger partial charge in [0, 0.05) is 6.42 Å². The van der Waals surface area contributed by atoms with Crippen LogP contribution in [0.5, 0.6) is 0 Å². The first-order valence-corrected chi connectivity index (χ1v) is 6.94. The molecule has 0 aliphatic carbocycles. The van der Waals surface area contributed by atoms with Gasteiger partial charge in [-0.3, -0.25) is 4.79 Å². The lowest BCUT2D eigenvalue weighted by Gasteiger charge is -2.05. The molecule has 3 heteroatoms. The van der Waals surface area contributed by atoms with Crippen LogP contribution in [0.15, 0.2) is 0 Å². The van der Waals surface area contributed by atoms with Crippen molar-refractivity contribution < 1.29 is 9.53 Å². The fourth-order valence-corrected chi connectivity index (χ4v) is 1.74. The Bertz CT molecular complexity index is 169. The molecule has 2 nitrogen and oxygen atoms in total. The van der Waals surface area contributed by atoms with Gasteiger partial charge in [-0.2, -0.15) is 0 Å². The van der Waals surface area contributed by atoms with Crippen molar-refractivity contribution in [1.82, 2.24) is 0 Å². The van der Waals surface area contributed by atoms with Crippen molar-refractivity contribution in [3.8, 4) is 0 Å². The molecule has 0 rings (SSSR count). The molecule has 1 atom stereocenters. The van der Waals surface area contributed by atoms with Gasteiger partial charge in [-0.25, -0.2) is 0 Å². The van der Waals surface area contributed by atoms with E-state index < -0.39 is 5.56 Å². The largest absolute Gasteiger partial charge is 0.446 e. The molecule has 0 aromatic heterocycles. The molecule has 0 unspecified atom stereocenters. The van der Waals surface area contributed by atoms with Crippen molar-refractivity contribution in [3.63, 3.8) is 0 Å². The Balaban J connectivity index is 3.11. The molecule has 0 N–H and O–H groups in total. The molecule has 0 spiro atoms. The maximum Gasteiger partial charge on any atom is 0.307 e. The average molecular weight is 249 g/mol. The second kappa shape index (κ2) is 11.3. The predicted molar refractivity (Wildman–Crippen MR) is 68.6 cm³/mol. The zero-order valence-electron chi connectivity index (χ0n) is 10.6. The van der Waals surface area contributed by atoms with Gasteiger partial charge in [0.25, 0.3) is 0 Å². The third kappa shape index (κ3) is 11.8. The van der Waals surface area contributed by atoms with Gasteiger partial charge in [-0.05, 0) is 13.3 Å². The summed E-state index contributed by atoms with van der Waals surface area (Å²) in [6.07, 6.45) is 10.4. The number of carbonyl (C=O) groups is 1. The summed E-state index contributed by atoms with van der Waals surface area (Å²) in [5.41, 5.74) is -0.499. The number of halogens is 1. The normalized spacial score (nSPS) is 12.4. The Morgan fingerprint density at radius 2 is 1.56 bits per heavy atom. The van der Waals surface area contributed by atoms with E-state index in [4.69, 9.17) is 16.3 Å². The number of rotatable bonds is 10. The van der Waals surface area contributed by atoms with E-state index in [9.17, 15) is 4.79 Å². The highest BCUT2D eigenvalue weighted by Crippen LogP contribution is 2.10. The van der Waals surface area contributed by atoms with Gasteiger partial charge in [0.2, 0.25) is 0 Å². The predicted octanol–water partition coefficient (Wildman–Crippen LogP) is 4.65. The van der Waals surface area contributed by atoms with Crippen LogP contribution >= 0.6 is 11.6 Å². The fraction of sp³-hybridized carbons (Fsp3) is 0.923. The first kappa shape index (κ1) is 15.8. The van der Waals surface area contributed by atoms with E-state index >= 15 is 0 Å². The summed E-state index contributed by atoms with van der Waals surface area (Å²) in [5.74, 6) is -0.173. The van der Waals surface area contributed by atoms with Gasteiger partial charge in [0.15, 0.2) is 5.56 Å². The number of esters is 1. The van der Waals surface area contributed by atoms with Crippen LogP contribution < -0.4 is 0 Å². The molecule has 96 valence electrons. The van der Waals surface area contributed by atoms with Crippen molar-refractivity contribution >= 4 is 17.6 Å². The second-order valence-electron chi connectivity index (χ2n) is 4.26. The van der Waals surface area contributed by atoms with Crippen molar-refractivity contribution in [2.75, 3.05) is 0 Å². The van der Waals surface area contributed by atoms with E-state index in [-0.39, 0.29) is 5.97 Å². The first-order valence-electron chi connectivity index (χ1n) is 6.50.